The van der Waals surface area contributed by atoms with Crippen molar-refractivity contribution in [1.29, 1.82) is 0 Å². The summed E-state index contributed by atoms with van der Waals surface area (Å²) >= 11 is 0. The highest BCUT2D eigenvalue weighted by molar-refractivity contribution is 7.86. The molecule has 0 heterocycles. The molecule has 0 saturated carbocycles. The van der Waals surface area contributed by atoms with E-state index < -0.39 is 40.6 Å². The van der Waals surface area contributed by atoms with Gasteiger partial charge in [-0.1, -0.05) is 6.07 Å². The summed E-state index contributed by atoms with van der Waals surface area (Å²) in [6.07, 6.45) is 0. The fourth-order valence-electron chi connectivity index (χ4n) is 0.795. The van der Waals surface area contributed by atoms with Crippen LogP contribution in [-0.4, -0.2) is 38.6 Å². The number of benzene rings is 1. The highest BCUT2D eigenvalue weighted by Crippen LogP contribution is 2.14. The number of hydrogen-bond donors (Lipinski definition) is 2. The molecule has 0 aromatic heterocycles. The molecular formula is C6H6O9S3. The van der Waals surface area contributed by atoms with E-state index in [4.69, 9.17) is 21.7 Å². The average Bonchev–Trinajstić information content (AvgIpc) is 2.14. The standard InChI is InChI=1S/C6H6O6S2.O3S/c7-13(8,9)5-2-1-3-6(4-5)14(10,11)12;1-4(2)3/h1-4H,(H,7,8,9)(H,10,11,12);. The molecule has 0 saturated heterocycles. The van der Waals surface area contributed by atoms with Gasteiger partial charge in [0.05, 0.1) is 9.79 Å². The lowest BCUT2D eigenvalue weighted by Crippen LogP contribution is -2.02. The molecule has 0 atom stereocenters. The molecule has 12 heteroatoms. The second-order valence-electron chi connectivity index (χ2n) is 2.63. The molecule has 0 bridgehead atoms. The van der Waals surface area contributed by atoms with Crippen molar-refractivity contribution in [3.8, 4) is 0 Å². The zero-order valence-corrected chi connectivity index (χ0v) is 10.7. The van der Waals surface area contributed by atoms with Crippen molar-refractivity contribution in [2.75, 3.05) is 0 Å². The largest absolute Gasteiger partial charge is 0.425 e. The smallest absolute Gasteiger partial charge is 0.282 e. The first-order chi connectivity index (χ1) is 7.94. The van der Waals surface area contributed by atoms with E-state index in [0.29, 0.717) is 6.07 Å². The first kappa shape index (κ1) is 16.7. The summed E-state index contributed by atoms with van der Waals surface area (Å²) in [7, 11) is -12.0. The molecule has 9 nitrogen and oxygen atoms in total. The Balaban J connectivity index is 0.000000631. The minimum absolute atomic E-state index is 0.590. The SMILES string of the molecule is O=S(=O)(O)c1cccc(S(=O)(=O)O)c1.O=S(=O)=O. The van der Waals surface area contributed by atoms with E-state index >= 15 is 0 Å². The zero-order valence-electron chi connectivity index (χ0n) is 8.29. The Bertz CT molecular complexity index is 672. The van der Waals surface area contributed by atoms with Gasteiger partial charge in [-0.25, -0.2) is 0 Å². The predicted molar refractivity (Wildman–Crippen MR) is 55.8 cm³/mol. The van der Waals surface area contributed by atoms with Crippen LogP contribution in [0.15, 0.2) is 34.1 Å². The van der Waals surface area contributed by atoms with Crippen LogP contribution in [0.3, 0.4) is 0 Å². The maximum absolute atomic E-state index is 10.6. The van der Waals surface area contributed by atoms with E-state index in [0.717, 1.165) is 18.2 Å². The summed E-state index contributed by atoms with van der Waals surface area (Å²) in [5.74, 6) is 0. The van der Waals surface area contributed by atoms with Gasteiger partial charge in [-0.2, -0.15) is 16.8 Å². The minimum Gasteiger partial charge on any atom is -0.282 e. The highest BCUT2D eigenvalue weighted by atomic mass is 32.2. The van der Waals surface area contributed by atoms with E-state index in [1.54, 1.807) is 0 Å². The Labute approximate surface area is 104 Å². The van der Waals surface area contributed by atoms with E-state index in [1.807, 2.05) is 0 Å². The minimum atomic E-state index is -4.46. The van der Waals surface area contributed by atoms with E-state index in [1.165, 1.54) is 0 Å². The lowest BCUT2D eigenvalue weighted by atomic mass is 10.4. The van der Waals surface area contributed by atoms with Crippen molar-refractivity contribution in [2.24, 2.45) is 0 Å². The van der Waals surface area contributed by atoms with Gasteiger partial charge >= 0.3 is 10.6 Å². The third-order valence-electron chi connectivity index (χ3n) is 1.40. The third kappa shape index (κ3) is 6.41. The molecule has 0 unspecified atom stereocenters. The third-order valence-corrected chi connectivity index (χ3v) is 3.10. The molecule has 2 N–H and O–H groups in total. The van der Waals surface area contributed by atoms with Crippen LogP contribution in [0.25, 0.3) is 0 Å². The number of hydrogen-bond acceptors (Lipinski definition) is 7. The van der Waals surface area contributed by atoms with Crippen LogP contribution in [0.2, 0.25) is 0 Å². The van der Waals surface area contributed by atoms with E-state index in [2.05, 4.69) is 0 Å². The molecule has 0 aliphatic carbocycles. The van der Waals surface area contributed by atoms with Gasteiger partial charge in [0.2, 0.25) is 0 Å². The first-order valence-electron chi connectivity index (χ1n) is 3.76. The Kier molecular flexibility index (Phi) is 5.56. The summed E-state index contributed by atoms with van der Waals surface area (Å²) in [5, 5.41) is 0. The Morgan fingerprint density at radius 2 is 1.11 bits per heavy atom. The molecule has 0 aliphatic heterocycles. The fraction of sp³-hybridized carbons (Fsp3) is 0. The average molecular weight is 318 g/mol. The molecule has 1 aromatic carbocycles. The molecule has 0 amide bonds. The summed E-state index contributed by atoms with van der Waals surface area (Å²) in [4.78, 5) is -1.18. The fourth-order valence-corrected chi connectivity index (χ4v) is 1.92. The van der Waals surface area contributed by atoms with Gasteiger partial charge in [-0.15, -0.1) is 12.6 Å². The first-order valence-corrected chi connectivity index (χ1v) is 7.64. The Morgan fingerprint density at radius 3 is 1.33 bits per heavy atom. The van der Waals surface area contributed by atoms with Gasteiger partial charge in [0.25, 0.3) is 20.2 Å². The van der Waals surface area contributed by atoms with Crippen LogP contribution in [0, 0.1) is 0 Å². The molecule has 0 aliphatic rings. The van der Waals surface area contributed by atoms with Crippen molar-refractivity contribution in [1.82, 2.24) is 0 Å². The molecule has 1 rings (SSSR count). The summed E-state index contributed by atoms with van der Waals surface area (Å²) in [6.45, 7) is 0. The molecule has 102 valence electrons. The predicted octanol–water partition coefficient (Wildman–Crippen LogP) is -0.824. The van der Waals surface area contributed by atoms with Crippen molar-refractivity contribution in [3.63, 3.8) is 0 Å². The summed E-state index contributed by atoms with van der Waals surface area (Å²) in [6, 6.07) is 3.75. The van der Waals surface area contributed by atoms with Gasteiger partial charge in [-0.3, -0.25) is 9.11 Å². The molecule has 0 spiro atoms. The second-order valence-corrected chi connectivity index (χ2v) is 5.88. The molecule has 0 fully saturated rings. The van der Waals surface area contributed by atoms with Gasteiger partial charge in [0.15, 0.2) is 0 Å². The van der Waals surface area contributed by atoms with Gasteiger partial charge in [0.1, 0.15) is 0 Å². The summed E-state index contributed by atoms with van der Waals surface area (Å²) < 4.78 is 84.8. The highest BCUT2D eigenvalue weighted by Gasteiger charge is 2.15. The van der Waals surface area contributed by atoms with Crippen LogP contribution in [0.4, 0.5) is 0 Å². The molecule has 1 aromatic rings. The molecule has 18 heavy (non-hydrogen) atoms. The van der Waals surface area contributed by atoms with Crippen LogP contribution < -0.4 is 0 Å². The number of rotatable bonds is 2. The lowest BCUT2D eigenvalue weighted by Gasteiger charge is -1.99. The second kappa shape index (κ2) is 6.01. The van der Waals surface area contributed by atoms with Gasteiger partial charge in [0, 0.05) is 0 Å². The van der Waals surface area contributed by atoms with Crippen LogP contribution in [0.5, 0.6) is 0 Å². The van der Waals surface area contributed by atoms with E-state index in [9.17, 15) is 16.8 Å². The van der Waals surface area contributed by atoms with Crippen molar-refractivity contribution >= 4 is 30.8 Å². The van der Waals surface area contributed by atoms with Gasteiger partial charge < -0.3 is 0 Å². The van der Waals surface area contributed by atoms with Crippen molar-refractivity contribution in [2.45, 2.75) is 9.79 Å². The quantitative estimate of drug-likeness (QED) is 0.663. The van der Waals surface area contributed by atoms with Crippen molar-refractivity contribution < 1.29 is 38.6 Å². The normalized spacial score (nSPS) is 11.2. The van der Waals surface area contributed by atoms with Crippen LogP contribution in [0.1, 0.15) is 0 Å². The molecule has 0 radical (unpaired) electrons. The zero-order chi connectivity index (χ0) is 14.6. The Hall–Kier alpha value is -1.34. The molecular weight excluding hydrogens is 312 g/mol. The van der Waals surface area contributed by atoms with E-state index in [-0.39, 0.29) is 0 Å². The van der Waals surface area contributed by atoms with Crippen LogP contribution in [-0.2, 0) is 30.8 Å². The topological polar surface area (TPSA) is 160 Å². The maximum Gasteiger partial charge on any atom is 0.425 e. The lowest BCUT2D eigenvalue weighted by molar-refractivity contribution is 0.481. The van der Waals surface area contributed by atoms with Crippen LogP contribution >= 0.6 is 0 Å². The van der Waals surface area contributed by atoms with Crippen molar-refractivity contribution in [3.05, 3.63) is 24.3 Å². The summed E-state index contributed by atoms with van der Waals surface area (Å²) in [5.41, 5.74) is 0. The monoisotopic (exact) mass is 318 g/mol. The van der Waals surface area contributed by atoms with Gasteiger partial charge in [-0.05, 0) is 18.2 Å². The Morgan fingerprint density at radius 1 is 0.833 bits per heavy atom. The maximum atomic E-state index is 10.6.